The van der Waals surface area contributed by atoms with E-state index in [1.807, 2.05) is 0 Å². The number of thiophene rings is 1. The second-order valence-corrected chi connectivity index (χ2v) is 9.31. The van der Waals surface area contributed by atoms with Crippen molar-refractivity contribution < 1.29 is 28.2 Å². The number of carbonyl (C=O) groups excluding carboxylic acids is 1. The summed E-state index contributed by atoms with van der Waals surface area (Å²) in [4.78, 5) is 21.4. The Kier molecular flexibility index (Phi) is 6.35. The highest BCUT2D eigenvalue weighted by molar-refractivity contribution is 9.10. The second-order valence-electron chi connectivity index (χ2n) is 4.68. The lowest BCUT2D eigenvalue weighted by Gasteiger charge is -2.09. The molecule has 1 aromatic heterocycles. The summed E-state index contributed by atoms with van der Waals surface area (Å²) in [6, 6.07) is 5.38. The fraction of sp³-hybridized carbons (Fsp3) is 0. The molecular formula is C14H8BrCl2NO6S2. The van der Waals surface area contributed by atoms with Gasteiger partial charge in [0.05, 0.1) is 4.47 Å². The van der Waals surface area contributed by atoms with Crippen LogP contribution in [0.5, 0.6) is 0 Å². The Hall–Kier alpha value is -1.59. The van der Waals surface area contributed by atoms with Crippen molar-refractivity contribution in [2.45, 2.75) is 4.90 Å². The SMILES string of the molecule is O=C(O)C(=O)C=C(O)c1cccc(NS(=O)(=O)c2c(Cl)sc(Cl)c2Br)c1. The first-order valence-corrected chi connectivity index (χ1v) is 10.3. The van der Waals surface area contributed by atoms with Crippen molar-refractivity contribution in [3.05, 3.63) is 49.1 Å². The van der Waals surface area contributed by atoms with E-state index in [1.54, 1.807) is 0 Å². The van der Waals surface area contributed by atoms with E-state index < -0.39 is 27.5 Å². The Balaban J connectivity index is 2.37. The van der Waals surface area contributed by atoms with Crippen LogP contribution in [-0.4, -0.2) is 30.4 Å². The number of carbonyl (C=O) groups is 2. The molecule has 0 bridgehead atoms. The van der Waals surface area contributed by atoms with Crippen molar-refractivity contribution in [3.8, 4) is 0 Å². The van der Waals surface area contributed by atoms with Gasteiger partial charge in [-0.15, -0.1) is 11.3 Å². The molecule has 0 fully saturated rings. The van der Waals surface area contributed by atoms with Gasteiger partial charge in [0.2, 0.25) is 0 Å². The molecule has 3 N–H and O–H groups in total. The molecule has 0 aliphatic carbocycles. The highest BCUT2D eigenvalue weighted by Gasteiger charge is 2.26. The third kappa shape index (κ3) is 4.57. The van der Waals surface area contributed by atoms with E-state index in [0.29, 0.717) is 6.08 Å². The molecule has 7 nitrogen and oxygen atoms in total. The second kappa shape index (κ2) is 7.97. The first-order chi connectivity index (χ1) is 12.0. The normalized spacial score (nSPS) is 12.0. The maximum atomic E-state index is 12.5. The molecule has 0 atom stereocenters. The van der Waals surface area contributed by atoms with Crippen LogP contribution in [-0.2, 0) is 19.6 Å². The zero-order chi connectivity index (χ0) is 19.6. The summed E-state index contributed by atoms with van der Waals surface area (Å²) in [5.41, 5.74) is 0.0869. The molecular weight excluding hydrogens is 493 g/mol. The lowest BCUT2D eigenvalue weighted by atomic mass is 10.1. The van der Waals surface area contributed by atoms with E-state index >= 15 is 0 Å². The van der Waals surface area contributed by atoms with Crippen LogP contribution >= 0.6 is 50.5 Å². The number of halogens is 3. The highest BCUT2D eigenvalue weighted by atomic mass is 79.9. The number of hydrogen-bond donors (Lipinski definition) is 3. The molecule has 0 radical (unpaired) electrons. The van der Waals surface area contributed by atoms with Crippen LogP contribution in [0.3, 0.4) is 0 Å². The first kappa shape index (κ1) is 20.7. The molecule has 0 aliphatic rings. The Morgan fingerprint density at radius 1 is 1.19 bits per heavy atom. The molecule has 2 aromatic rings. The molecule has 0 unspecified atom stereocenters. The van der Waals surface area contributed by atoms with Gasteiger partial charge < -0.3 is 10.2 Å². The average molecular weight is 501 g/mol. The number of nitrogens with one attached hydrogen (secondary N) is 1. The Labute approximate surface area is 170 Å². The predicted octanol–water partition coefficient (Wildman–Crippen LogP) is 4.17. The number of aliphatic hydroxyl groups excluding tert-OH is 1. The number of carboxylic acid groups (broad SMARTS) is 1. The third-order valence-corrected chi connectivity index (χ3v) is 7.73. The number of carboxylic acids is 1. The lowest BCUT2D eigenvalue weighted by molar-refractivity contribution is -0.146. The minimum absolute atomic E-state index is 0.0355. The maximum Gasteiger partial charge on any atom is 0.376 e. The molecule has 26 heavy (non-hydrogen) atoms. The molecule has 0 amide bonds. The fourth-order valence-corrected chi connectivity index (χ4v) is 6.39. The number of aliphatic carboxylic acids is 1. The Morgan fingerprint density at radius 2 is 1.85 bits per heavy atom. The van der Waals surface area contributed by atoms with Gasteiger partial charge >= 0.3 is 5.97 Å². The third-order valence-electron chi connectivity index (χ3n) is 2.89. The van der Waals surface area contributed by atoms with Crippen LogP contribution in [0.1, 0.15) is 5.56 Å². The monoisotopic (exact) mass is 499 g/mol. The highest BCUT2D eigenvalue weighted by Crippen LogP contribution is 2.43. The number of aliphatic hydroxyl groups is 1. The maximum absolute atomic E-state index is 12.5. The standard InChI is InChI=1S/C14H8BrCl2NO6S2/c15-10-11(13(17)25-12(10)16)26(23,24)18-7-3-1-2-6(4-7)8(19)5-9(20)14(21)22/h1-5,18-19H,(H,21,22). The molecule has 2 rings (SSSR count). The molecule has 0 saturated heterocycles. The zero-order valence-electron chi connectivity index (χ0n) is 12.4. The van der Waals surface area contributed by atoms with E-state index in [4.69, 9.17) is 28.3 Å². The summed E-state index contributed by atoms with van der Waals surface area (Å²) in [6.45, 7) is 0. The number of rotatable bonds is 6. The van der Waals surface area contributed by atoms with E-state index in [9.17, 15) is 23.1 Å². The Morgan fingerprint density at radius 3 is 2.38 bits per heavy atom. The van der Waals surface area contributed by atoms with Crippen molar-refractivity contribution in [2.75, 3.05) is 4.72 Å². The summed E-state index contributed by atoms with van der Waals surface area (Å²) in [7, 11) is -4.10. The minimum atomic E-state index is -4.10. The van der Waals surface area contributed by atoms with Gasteiger partial charge in [0.25, 0.3) is 15.8 Å². The summed E-state index contributed by atoms with van der Waals surface area (Å²) < 4.78 is 27.5. The van der Waals surface area contributed by atoms with Crippen LogP contribution < -0.4 is 4.72 Å². The fourth-order valence-electron chi connectivity index (χ4n) is 1.79. The van der Waals surface area contributed by atoms with E-state index in [2.05, 4.69) is 20.7 Å². The van der Waals surface area contributed by atoms with Gasteiger partial charge in [0.15, 0.2) is 0 Å². The number of anilines is 1. The van der Waals surface area contributed by atoms with E-state index in [0.717, 1.165) is 11.3 Å². The zero-order valence-corrected chi connectivity index (χ0v) is 17.1. The van der Waals surface area contributed by atoms with Gasteiger partial charge in [0, 0.05) is 17.3 Å². The summed E-state index contributed by atoms with van der Waals surface area (Å²) in [5, 5.41) is 18.4. The molecule has 0 aliphatic heterocycles. The van der Waals surface area contributed by atoms with Crippen LogP contribution in [0.25, 0.3) is 5.76 Å². The molecule has 1 heterocycles. The number of hydrogen-bond acceptors (Lipinski definition) is 6. The van der Waals surface area contributed by atoms with Crippen LogP contribution in [0.4, 0.5) is 5.69 Å². The topological polar surface area (TPSA) is 121 Å². The first-order valence-electron chi connectivity index (χ1n) is 6.47. The van der Waals surface area contributed by atoms with Crippen molar-refractivity contribution >= 4 is 83.7 Å². The average Bonchev–Trinajstić information content (AvgIpc) is 2.80. The van der Waals surface area contributed by atoms with E-state index in [-0.39, 0.29) is 29.3 Å². The molecule has 0 spiro atoms. The van der Waals surface area contributed by atoms with Crippen molar-refractivity contribution in [3.63, 3.8) is 0 Å². The molecule has 1 aromatic carbocycles. The van der Waals surface area contributed by atoms with Crippen molar-refractivity contribution in [2.24, 2.45) is 0 Å². The largest absolute Gasteiger partial charge is 0.507 e. The molecule has 0 saturated carbocycles. The van der Waals surface area contributed by atoms with Gasteiger partial charge in [-0.2, -0.15) is 0 Å². The number of ketones is 1. The smallest absolute Gasteiger partial charge is 0.376 e. The quantitative estimate of drug-likeness (QED) is 0.311. The minimum Gasteiger partial charge on any atom is -0.507 e. The van der Waals surface area contributed by atoms with Gasteiger partial charge in [-0.25, -0.2) is 13.2 Å². The number of sulfonamides is 1. The van der Waals surface area contributed by atoms with Gasteiger partial charge in [-0.3, -0.25) is 9.52 Å². The lowest BCUT2D eigenvalue weighted by Crippen LogP contribution is -2.13. The summed E-state index contributed by atoms with van der Waals surface area (Å²) in [6.07, 6.45) is 0.516. The van der Waals surface area contributed by atoms with Crippen molar-refractivity contribution in [1.29, 1.82) is 0 Å². The Bertz CT molecular complexity index is 1030. The summed E-state index contributed by atoms with van der Waals surface area (Å²) >= 11 is 15.7. The predicted molar refractivity (Wildman–Crippen MR) is 103 cm³/mol. The van der Waals surface area contributed by atoms with Crippen molar-refractivity contribution in [1.82, 2.24) is 0 Å². The van der Waals surface area contributed by atoms with Crippen LogP contribution in [0, 0.1) is 0 Å². The van der Waals surface area contributed by atoms with Gasteiger partial charge in [0.1, 0.15) is 19.3 Å². The van der Waals surface area contributed by atoms with E-state index in [1.165, 1.54) is 24.3 Å². The van der Waals surface area contributed by atoms with Crippen LogP contribution in [0.2, 0.25) is 8.67 Å². The summed E-state index contributed by atoms with van der Waals surface area (Å²) in [5.74, 6) is -3.68. The number of benzene rings is 1. The molecule has 138 valence electrons. The molecule has 12 heteroatoms. The van der Waals surface area contributed by atoms with Crippen LogP contribution in [0.15, 0.2) is 39.7 Å². The van der Waals surface area contributed by atoms with Gasteiger partial charge in [-0.05, 0) is 28.1 Å². The van der Waals surface area contributed by atoms with Gasteiger partial charge in [-0.1, -0.05) is 35.3 Å².